The van der Waals surface area contributed by atoms with E-state index in [2.05, 4.69) is 31.9 Å². The van der Waals surface area contributed by atoms with Crippen molar-refractivity contribution in [2.75, 3.05) is 0 Å². The Balaban J connectivity index is 3.17. The predicted molar refractivity (Wildman–Crippen MR) is 42.0 cm³/mol. The molecule has 0 saturated heterocycles. The van der Waals surface area contributed by atoms with Gasteiger partial charge in [-0.1, -0.05) is 15.9 Å². The molecule has 0 aliphatic carbocycles. The summed E-state index contributed by atoms with van der Waals surface area (Å²) in [5.41, 5.74) is 0. The predicted octanol–water partition coefficient (Wildman–Crippen LogP) is 3.36. The summed E-state index contributed by atoms with van der Waals surface area (Å²) in [6.45, 7) is 0. The van der Waals surface area contributed by atoms with E-state index in [-0.39, 0.29) is 5.75 Å². The maximum Gasteiger partial charge on any atom is 0.193 e. The zero-order valence-corrected chi connectivity index (χ0v) is 7.57. The Morgan fingerprint density at radius 3 is 2.33 bits per heavy atom. The Labute approximate surface area is 70.0 Å². The molecule has 1 aromatic carbocycles. The maximum atomic E-state index is 10.8. The zero-order chi connectivity index (χ0) is 6.85. The van der Waals surface area contributed by atoms with Crippen LogP contribution in [0.2, 0.25) is 0 Å². The van der Waals surface area contributed by atoms with Gasteiger partial charge in [-0.25, -0.2) is 0 Å². The maximum absolute atomic E-state index is 10.8. The highest BCUT2D eigenvalue weighted by Gasteiger charge is 1.97. The van der Waals surface area contributed by atoms with Gasteiger partial charge in [-0.05, 0) is 28.1 Å². The third kappa shape index (κ3) is 1.69. The standard InChI is InChI=1S/C6H3Br2O/c7-4-1-2-5(8)6(9)3-4/h1-3H. The van der Waals surface area contributed by atoms with Crippen molar-refractivity contribution in [1.82, 2.24) is 0 Å². The first-order valence-electron chi connectivity index (χ1n) is 2.32. The average molecular weight is 251 g/mol. The molecule has 47 valence electrons. The van der Waals surface area contributed by atoms with Crippen molar-refractivity contribution in [3.63, 3.8) is 0 Å². The SMILES string of the molecule is [O]c1cc(Br)ccc1Br. The molecule has 0 aromatic heterocycles. The second-order valence-electron chi connectivity index (χ2n) is 1.57. The van der Waals surface area contributed by atoms with Crippen LogP contribution in [0.3, 0.4) is 0 Å². The minimum absolute atomic E-state index is 0.00405. The average Bonchev–Trinajstić information content (AvgIpc) is 1.80. The van der Waals surface area contributed by atoms with Crippen molar-refractivity contribution in [2.45, 2.75) is 0 Å². The Kier molecular flexibility index (Phi) is 2.13. The number of hydrogen-bond acceptors (Lipinski definition) is 0. The molecule has 0 amide bonds. The largest absolute Gasteiger partial charge is 0.289 e. The van der Waals surface area contributed by atoms with Gasteiger partial charge in [0.25, 0.3) is 0 Å². The lowest BCUT2D eigenvalue weighted by atomic mass is 10.3. The van der Waals surface area contributed by atoms with Crippen LogP contribution >= 0.6 is 31.9 Å². The minimum atomic E-state index is 0.00405. The van der Waals surface area contributed by atoms with Crippen molar-refractivity contribution in [3.8, 4) is 5.75 Å². The van der Waals surface area contributed by atoms with Crippen molar-refractivity contribution < 1.29 is 5.11 Å². The Morgan fingerprint density at radius 2 is 1.89 bits per heavy atom. The Bertz CT molecular complexity index is 222. The molecule has 1 nitrogen and oxygen atoms in total. The first kappa shape index (κ1) is 7.09. The molecule has 0 saturated carbocycles. The summed E-state index contributed by atoms with van der Waals surface area (Å²) in [7, 11) is 0. The Hall–Kier alpha value is -0.0200. The highest BCUT2D eigenvalue weighted by atomic mass is 79.9. The van der Waals surface area contributed by atoms with Crippen molar-refractivity contribution in [2.24, 2.45) is 0 Å². The van der Waals surface area contributed by atoms with Crippen LogP contribution in [0.5, 0.6) is 5.75 Å². The van der Waals surface area contributed by atoms with E-state index in [9.17, 15) is 5.11 Å². The van der Waals surface area contributed by atoms with Gasteiger partial charge in [-0.15, -0.1) is 0 Å². The van der Waals surface area contributed by atoms with Gasteiger partial charge in [0, 0.05) is 10.5 Å². The monoisotopic (exact) mass is 249 g/mol. The number of halogens is 2. The van der Waals surface area contributed by atoms with Crippen LogP contribution in [0, 0.1) is 0 Å². The topological polar surface area (TPSA) is 19.9 Å². The molecule has 3 heteroatoms. The number of rotatable bonds is 0. The van der Waals surface area contributed by atoms with Gasteiger partial charge in [0.1, 0.15) is 0 Å². The summed E-state index contributed by atoms with van der Waals surface area (Å²) in [4.78, 5) is 0. The van der Waals surface area contributed by atoms with Crippen LogP contribution in [0.25, 0.3) is 0 Å². The van der Waals surface area contributed by atoms with Gasteiger partial charge >= 0.3 is 0 Å². The molecule has 0 atom stereocenters. The highest BCUT2D eigenvalue weighted by Crippen LogP contribution is 2.26. The zero-order valence-electron chi connectivity index (χ0n) is 4.40. The fourth-order valence-corrected chi connectivity index (χ4v) is 1.06. The van der Waals surface area contributed by atoms with Crippen LogP contribution < -0.4 is 0 Å². The molecule has 1 aromatic rings. The normalized spacial score (nSPS) is 9.56. The molecule has 0 fully saturated rings. The van der Waals surface area contributed by atoms with Gasteiger partial charge in [0.05, 0.1) is 4.47 Å². The quantitative estimate of drug-likeness (QED) is 0.673. The number of benzene rings is 1. The first-order chi connectivity index (χ1) is 4.20. The van der Waals surface area contributed by atoms with Crippen molar-refractivity contribution in [3.05, 3.63) is 27.1 Å². The molecule has 0 heterocycles. The second-order valence-corrected chi connectivity index (χ2v) is 3.34. The molecule has 0 spiro atoms. The lowest BCUT2D eigenvalue weighted by molar-refractivity contribution is 0.352. The van der Waals surface area contributed by atoms with E-state index in [1.165, 1.54) is 6.07 Å². The van der Waals surface area contributed by atoms with Crippen LogP contribution in [0.15, 0.2) is 27.1 Å². The van der Waals surface area contributed by atoms with Gasteiger partial charge in [-0.2, -0.15) is 0 Å². The third-order valence-electron chi connectivity index (χ3n) is 0.893. The van der Waals surface area contributed by atoms with Crippen LogP contribution in [-0.4, -0.2) is 0 Å². The highest BCUT2D eigenvalue weighted by molar-refractivity contribution is 9.11. The summed E-state index contributed by atoms with van der Waals surface area (Å²) in [5, 5.41) is 10.8. The van der Waals surface area contributed by atoms with Gasteiger partial charge in [0.15, 0.2) is 5.75 Å². The van der Waals surface area contributed by atoms with E-state index < -0.39 is 0 Å². The van der Waals surface area contributed by atoms with Crippen molar-refractivity contribution in [1.29, 1.82) is 0 Å². The van der Waals surface area contributed by atoms with E-state index in [4.69, 9.17) is 0 Å². The fourth-order valence-electron chi connectivity index (χ4n) is 0.477. The molecule has 1 rings (SSSR count). The lowest BCUT2D eigenvalue weighted by Gasteiger charge is -1.91. The second kappa shape index (κ2) is 2.71. The molecular weight excluding hydrogens is 248 g/mol. The summed E-state index contributed by atoms with van der Waals surface area (Å²) >= 11 is 6.27. The first-order valence-corrected chi connectivity index (χ1v) is 3.91. The van der Waals surface area contributed by atoms with Gasteiger partial charge < -0.3 is 0 Å². The van der Waals surface area contributed by atoms with Crippen LogP contribution in [0.1, 0.15) is 0 Å². The summed E-state index contributed by atoms with van der Waals surface area (Å²) in [6.07, 6.45) is 0. The van der Waals surface area contributed by atoms with E-state index in [0.717, 1.165) is 4.47 Å². The smallest absolute Gasteiger partial charge is 0.193 e. The molecule has 0 aliphatic rings. The summed E-state index contributed by atoms with van der Waals surface area (Å²) in [5.74, 6) is 0.00405. The lowest BCUT2D eigenvalue weighted by Crippen LogP contribution is -1.65. The molecule has 0 bridgehead atoms. The third-order valence-corrected chi connectivity index (χ3v) is 2.04. The van der Waals surface area contributed by atoms with Crippen LogP contribution in [-0.2, 0) is 5.11 Å². The van der Waals surface area contributed by atoms with Gasteiger partial charge in [-0.3, -0.25) is 5.11 Å². The Morgan fingerprint density at radius 1 is 1.22 bits per heavy atom. The van der Waals surface area contributed by atoms with E-state index in [1.807, 2.05) is 6.07 Å². The minimum Gasteiger partial charge on any atom is -0.289 e. The number of hydrogen-bond donors (Lipinski definition) is 0. The summed E-state index contributed by atoms with van der Waals surface area (Å²) < 4.78 is 1.42. The fraction of sp³-hybridized carbons (Fsp3) is 0. The molecular formula is C6H3Br2O. The van der Waals surface area contributed by atoms with Crippen molar-refractivity contribution >= 4 is 31.9 Å². The van der Waals surface area contributed by atoms with Crippen LogP contribution in [0.4, 0.5) is 0 Å². The van der Waals surface area contributed by atoms with E-state index in [0.29, 0.717) is 4.47 Å². The molecule has 0 unspecified atom stereocenters. The molecule has 1 radical (unpaired) electrons. The molecule has 0 N–H and O–H groups in total. The van der Waals surface area contributed by atoms with E-state index >= 15 is 0 Å². The molecule has 9 heavy (non-hydrogen) atoms. The van der Waals surface area contributed by atoms with Gasteiger partial charge in [0.2, 0.25) is 0 Å². The summed E-state index contributed by atoms with van der Waals surface area (Å²) in [6, 6.07) is 5.04. The molecule has 0 aliphatic heterocycles. The van der Waals surface area contributed by atoms with E-state index in [1.54, 1.807) is 6.07 Å².